The van der Waals surface area contributed by atoms with E-state index in [2.05, 4.69) is 45.4 Å². The number of nitrogens with zero attached hydrogens (tertiary/aromatic N) is 2. The maximum Gasteiger partial charge on any atom is 0.143 e. The first-order valence-corrected chi connectivity index (χ1v) is 17.8. The van der Waals surface area contributed by atoms with Gasteiger partial charge in [0, 0.05) is 30.2 Å². The molecule has 0 aliphatic carbocycles. The van der Waals surface area contributed by atoms with Crippen LogP contribution in [0.1, 0.15) is 89.8 Å². The second kappa shape index (κ2) is 14.8. The van der Waals surface area contributed by atoms with Gasteiger partial charge >= 0.3 is 0 Å². The van der Waals surface area contributed by atoms with Crippen LogP contribution in [0.25, 0.3) is 10.7 Å². The highest BCUT2D eigenvalue weighted by atomic mass is 32.2. The lowest BCUT2D eigenvalue weighted by Gasteiger charge is -2.27. The molecule has 2 heterocycles. The molecule has 0 fully saturated rings. The second-order valence-electron chi connectivity index (χ2n) is 8.81. The largest absolute Gasteiger partial charge is 0.748 e. The van der Waals surface area contributed by atoms with E-state index in [1.807, 2.05) is 0 Å². The Balaban J connectivity index is 0.000000920. The smallest absolute Gasteiger partial charge is 0.143 e. The molecule has 0 radical (unpaired) electrons. The number of hydrogen-bond donors (Lipinski definition) is 0. The van der Waals surface area contributed by atoms with Crippen molar-refractivity contribution in [2.24, 2.45) is 0 Å². The average molecular weight is 521 g/mol. The van der Waals surface area contributed by atoms with Crippen molar-refractivity contribution in [1.29, 1.82) is 0 Å². The van der Waals surface area contributed by atoms with Gasteiger partial charge in [0.25, 0.3) is 0 Å². The third-order valence-electron chi connectivity index (χ3n) is 5.24. The Hall–Kier alpha value is -0.400. The van der Waals surface area contributed by atoms with Gasteiger partial charge in [0.1, 0.15) is 16.9 Å². The molecule has 9 heteroatoms. The van der Waals surface area contributed by atoms with E-state index in [9.17, 15) is 0 Å². The molecule has 0 saturated heterocycles. The van der Waals surface area contributed by atoms with E-state index in [0.717, 1.165) is 10.7 Å². The van der Waals surface area contributed by atoms with Gasteiger partial charge in [-0.1, -0.05) is 53.9 Å². The van der Waals surface area contributed by atoms with Gasteiger partial charge in [0.05, 0.1) is 39.3 Å². The van der Waals surface area contributed by atoms with E-state index < -0.39 is 17.4 Å². The molecule has 2 rings (SSSR count). The Labute approximate surface area is 204 Å². The van der Waals surface area contributed by atoms with E-state index in [0.29, 0.717) is 12.2 Å². The summed E-state index contributed by atoms with van der Waals surface area (Å²) >= 11 is 3.56. The van der Waals surface area contributed by atoms with Crippen molar-refractivity contribution < 1.29 is 13.0 Å². The first-order chi connectivity index (χ1) is 15.0. The Morgan fingerprint density at radius 1 is 0.938 bits per heavy atom. The van der Waals surface area contributed by atoms with Gasteiger partial charge in [0.15, 0.2) is 0 Å². The summed E-state index contributed by atoms with van der Waals surface area (Å²) in [5.41, 5.74) is 2.42. The molecule has 0 bridgehead atoms. The molecule has 0 aliphatic rings. The van der Waals surface area contributed by atoms with Crippen molar-refractivity contribution in [2.75, 3.05) is 24.7 Å². The van der Waals surface area contributed by atoms with Gasteiger partial charge in [-0.15, -0.1) is 22.7 Å². The molecule has 2 aromatic heterocycles. The van der Waals surface area contributed by atoms with Crippen molar-refractivity contribution in [3.05, 3.63) is 21.5 Å². The monoisotopic (exact) mass is 520 g/mol. The lowest BCUT2D eigenvalue weighted by atomic mass is 10.2. The average Bonchev–Trinajstić information content (AvgIpc) is 3.37. The zero-order valence-electron chi connectivity index (χ0n) is 20.6. The molecule has 0 unspecified atom stereocenters. The molecule has 5 nitrogen and oxygen atoms in total. The zero-order valence-corrected chi connectivity index (χ0v) is 23.9. The number of aromatic nitrogens is 2. The van der Waals surface area contributed by atoms with E-state index in [4.69, 9.17) is 22.9 Å². The van der Waals surface area contributed by atoms with Crippen LogP contribution in [0.4, 0.5) is 0 Å². The van der Waals surface area contributed by atoms with Crippen LogP contribution in [0.3, 0.4) is 0 Å². The van der Waals surface area contributed by atoms with Crippen LogP contribution in [0.5, 0.6) is 0 Å². The molecule has 0 aromatic carbocycles. The topological polar surface area (TPSA) is 83.0 Å². The summed E-state index contributed by atoms with van der Waals surface area (Å²) in [6.07, 6.45) is 14.4. The molecule has 0 atom stereocenters. The highest BCUT2D eigenvalue weighted by molar-refractivity contribution is 7.84. The zero-order chi connectivity index (χ0) is 24.2. The molecule has 0 saturated carbocycles. The summed E-state index contributed by atoms with van der Waals surface area (Å²) in [6, 6.07) is 0. The first-order valence-electron chi connectivity index (χ1n) is 11.7. The number of rotatable bonds is 13. The van der Waals surface area contributed by atoms with Crippen LogP contribution in [-0.4, -0.2) is 47.7 Å². The molecule has 184 valence electrons. The summed E-state index contributed by atoms with van der Waals surface area (Å²) in [6.45, 7) is 11.4. The maximum atomic E-state index is 9.08. The van der Waals surface area contributed by atoms with E-state index >= 15 is 0 Å². The van der Waals surface area contributed by atoms with Gasteiger partial charge in [-0.05, 0) is 19.3 Å². The van der Waals surface area contributed by atoms with Crippen LogP contribution in [0, 0.1) is 0 Å². The number of thiazole rings is 2. The van der Waals surface area contributed by atoms with E-state index in [-0.39, 0.29) is 0 Å². The molecule has 2 aromatic rings. The normalized spacial score (nSPS) is 12.1. The SMILES string of the molecule is CCCC[P+](CCCC)(CCCC)Cc1csc(-c2csc(C(C)C)n2)n1.CS(=O)(=O)[O-]. The summed E-state index contributed by atoms with van der Waals surface area (Å²) in [4.78, 5) is 9.87. The predicted octanol–water partition coefficient (Wildman–Crippen LogP) is 7.47. The lowest BCUT2D eigenvalue weighted by Crippen LogP contribution is -2.11. The molecular formula is C23H41N2O3PS3. The predicted molar refractivity (Wildman–Crippen MR) is 143 cm³/mol. The standard InChI is InChI=1S/C22H38N2PS2.CH4O3S/c1-6-9-12-25(13-10-7-2,14-11-8-3)15-19-16-26-22(23-19)20-17-27-21(24-20)18(4)5;1-5(2,3)4/h16-18H,6-15H2,1-5H3;1H3,(H,2,3,4)/q+1;/p-1. The van der Waals surface area contributed by atoms with Crippen molar-refractivity contribution in [1.82, 2.24) is 9.97 Å². The molecule has 32 heavy (non-hydrogen) atoms. The molecule has 0 N–H and O–H groups in total. The Morgan fingerprint density at radius 2 is 1.44 bits per heavy atom. The van der Waals surface area contributed by atoms with Crippen molar-refractivity contribution in [3.63, 3.8) is 0 Å². The summed E-state index contributed by atoms with van der Waals surface area (Å²) in [5, 5.41) is 6.85. The Kier molecular flexibility index (Phi) is 13.7. The first kappa shape index (κ1) is 29.6. The van der Waals surface area contributed by atoms with Gasteiger partial charge in [-0.2, -0.15) is 0 Å². The third kappa shape index (κ3) is 11.6. The fourth-order valence-electron chi connectivity index (χ4n) is 3.55. The van der Waals surface area contributed by atoms with Crippen molar-refractivity contribution >= 4 is 40.1 Å². The fraction of sp³-hybridized carbons (Fsp3) is 0.739. The number of hydrogen-bond acceptors (Lipinski definition) is 7. The molecule has 0 amide bonds. The van der Waals surface area contributed by atoms with Crippen LogP contribution >= 0.6 is 29.9 Å². The van der Waals surface area contributed by atoms with E-state index in [1.54, 1.807) is 22.7 Å². The molecular weight excluding hydrogens is 479 g/mol. The molecule has 0 spiro atoms. The fourth-order valence-corrected chi connectivity index (χ4v) is 10.3. The van der Waals surface area contributed by atoms with Crippen molar-refractivity contribution in [2.45, 2.75) is 85.2 Å². The van der Waals surface area contributed by atoms with Gasteiger partial charge in [-0.3, -0.25) is 0 Å². The Bertz CT molecular complexity index is 849. The quantitative estimate of drug-likeness (QED) is 0.202. The van der Waals surface area contributed by atoms with Gasteiger partial charge in [0.2, 0.25) is 0 Å². The second-order valence-corrected chi connectivity index (χ2v) is 16.3. The van der Waals surface area contributed by atoms with Crippen LogP contribution in [-0.2, 0) is 16.3 Å². The highest BCUT2D eigenvalue weighted by Crippen LogP contribution is 2.63. The number of unbranched alkanes of at least 4 members (excludes halogenated alkanes) is 3. The summed E-state index contributed by atoms with van der Waals surface area (Å²) in [7, 11) is -4.85. The molecule has 0 aliphatic heterocycles. The van der Waals surface area contributed by atoms with Crippen LogP contribution in [0.15, 0.2) is 10.8 Å². The van der Waals surface area contributed by atoms with Crippen LogP contribution in [0.2, 0.25) is 0 Å². The van der Waals surface area contributed by atoms with Crippen LogP contribution < -0.4 is 0 Å². The minimum atomic E-state index is -3.92. The Morgan fingerprint density at radius 3 is 1.84 bits per heavy atom. The maximum absolute atomic E-state index is 9.08. The highest BCUT2D eigenvalue weighted by Gasteiger charge is 2.36. The minimum Gasteiger partial charge on any atom is -0.748 e. The van der Waals surface area contributed by atoms with Gasteiger partial charge < -0.3 is 4.55 Å². The minimum absolute atomic E-state index is 0.499. The van der Waals surface area contributed by atoms with Gasteiger partial charge in [-0.25, -0.2) is 18.4 Å². The summed E-state index contributed by atoms with van der Waals surface area (Å²) in [5.74, 6) is 0.499. The van der Waals surface area contributed by atoms with E-state index in [1.165, 1.54) is 73.9 Å². The lowest BCUT2D eigenvalue weighted by molar-refractivity contribution is 0.470. The summed E-state index contributed by atoms with van der Waals surface area (Å²) < 4.78 is 27.2. The third-order valence-corrected chi connectivity index (χ3v) is 12.1. The van der Waals surface area contributed by atoms with Crippen molar-refractivity contribution in [3.8, 4) is 10.7 Å².